The van der Waals surface area contributed by atoms with Crippen LogP contribution in [0.5, 0.6) is 0 Å². The van der Waals surface area contributed by atoms with Gasteiger partial charge in [0.2, 0.25) is 10.0 Å². The predicted octanol–water partition coefficient (Wildman–Crippen LogP) is 2.39. The zero-order valence-corrected chi connectivity index (χ0v) is 13.8. The quantitative estimate of drug-likeness (QED) is 0.847. The molecule has 2 saturated carbocycles. The van der Waals surface area contributed by atoms with Crippen molar-refractivity contribution in [1.29, 1.82) is 0 Å². The van der Waals surface area contributed by atoms with Gasteiger partial charge in [0, 0.05) is 23.5 Å². The van der Waals surface area contributed by atoms with Crippen LogP contribution in [0.25, 0.3) is 0 Å². The number of sulfonamides is 1. The average molecular weight is 314 g/mol. The fourth-order valence-electron chi connectivity index (χ4n) is 2.23. The van der Waals surface area contributed by atoms with E-state index < -0.39 is 10.0 Å². The zero-order chi connectivity index (χ0) is 14.5. The second-order valence-corrected chi connectivity index (χ2v) is 9.77. The summed E-state index contributed by atoms with van der Waals surface area (Å²) in [5.74, 6) is 0. The van der Waals surface area contributed by atoms with Crippen LogP contribution in [0.2, 0.25) is 0 Å². The first-order valence-corrected chi connectivity index (χ1v) is 9.43. The second-order valence-electron chi connectivity index (χ2n) is 6.69. The molecule has 0 radical (unpaired) electrons. The Morgan fingerprint density at radius 1 is 1.40 bits per heavy atom. The molecule has 2 aliphatic rings. The molecule has 0 aliphatic heterocycles. The Balaban J connectivity index is 1.70. The summed E-state index contributed by atoms with van der Waals surface area (Å²) >= 11 is 1.39. The van der Waals surface area contributed by atoms with E-state index in [9.17, 15) is 8.42 Å². The Morgan fingerprint density at radius 2 is 2.05 bits per heavy atom. The third kappa shape index (κ3) is 3.08. The summed E-state index contributed by atoms with van der Waals surface area (Å²) in [7, 11) is -3.35. The molecule has 0 amide bonds. The molecule has 2 fully saturated rings. The first kappa shape index (κ1) is 14.5. The van der Waals surface area contributed by atoms with Gasteiger partial charge in [-0.1, -0.05) is 13.8 Å². The highest BCUT2D eigenvalue weighted by molar-refractivity contribution is 7.91. The summed E-state index contributed by atoms with van der Waals surface area (Å²) in [5.41, 5.74) is 1.18. The van der Waals surface area contributed by atoms with E-state index in [1.165, 1.54) is 24.2 Å². The van der Waals surface area contributed by atoms with Gasteiger partial charge in [0.1, 0.15) is 4.21 Å². The second kappa shape index (κ2) is 4.80. The summed E-state index contributed by atoms with van der Waals surface area (Å²) < 4.78 is 28.0. The van der Waals surface area contributed by atoms with Crippen molar-refractivity contribution in [2.24, 2.45) is 5.41 Å². The van der Waals surface area contributed by atoms with Gasteiger partial charge in [-0.05, 0) is 43.2 Å². The van der Waals surface area contributed by atoms with Gasteiger partial charge in [-0.15, -0.1) is 11.3 Å². The van der Waals surface area contributed by atoms with Crippen molar-refractivity contribution >= 4 is 21.4 Å². The van der Waals surface area contributed by atoms with Gasteiger partial charge in [-0.25, -0.2) is 13.1 Å². The van der Waals surface area contributed by atoms with Crippen LogP contribution < -0.4 is 10.0 Å². The third-order valence-electron chi connectivity index (χ3n) is 4.20. The molecule has 1 aromatic heterocycles. The summed E-state index contributed by atoms with van der Waals surface area (Å²) in [5, 5.41) is 3.44. The maximum atomic E-state index is 12.4. The molecule has 1 heterocycles. The number of aryl methyl sites for hydroxylation is 1. The van der Waals surface area contributed by atoms with Crippen molar-refractivity contribution in [2.75, 3.05) is 0 Å². The Labute approximate surface area is 125 Å². The largest absolute Gasteiger partial charge is 0.309 e. The number of nitrogens with one attached hydrogen (secondary N) is 2. The Kier molecular flexibility index (Phi) is 3.48. The van der Waals surface area contributed by atoms with Gasteiger partial charge in [0.15, 0.2) is 0 Å². The minimum atomic E-state index is -3.35. The van der Waals surface area contributed by atoms with E-state index in [4.69, 9.17) is 0 Å². The molecule has 6 heteroatoms. The maximum absolute atomic E-state index is 12.4. The van der Waals surface area contributed by atoms with E-state index in [0.29, 0.717) is 10.3 Å². The van der Waals surface area contributed by atoms with Crippen LogP contribution in [0.1, 0.15) is 43.6 Å². The van der Waals surface area contributed by atoms with Crippen LogP contribution in [-0.4, -0.2) is 20.5 Å². The van der Waals surface area contributed by atoms with Crippen molar-refractivity contribution in [3.05, 3.63) is 16.5 Å². The molecule has 2 aliphatic carbocycles. The third-order valence-corrected chi connectivity index (χ3v) is 7.38. The molecule has 1 atom stereocenters. The van der Waals surface area contributed by atoms with Gasteiger partial charge in [-0.2, -0.15) is 0 Å². The summed E-state index contributed by atoms with van der Waals surface area (Å²) in [6, 6.07) is 2.52. The number of rotatable bonds is 6. The molecule has 0 bridgehead atoms. The SMILES string of the molecule is Cc1cc(S(=O)(=O)NC2CC2(C)C)sc1CNC1CC1. The maximum Gasteiger partial charge on any atom is 0.250 e. The van der Waals surface area contributed by atoms with E-state index in [1.54, 1.807) is 6.07 Å². The van der Waals surface area contributed by atoms with Crippen LogP contribution in [0.4, 0.5) is 0 Å². The molecule has 2 N–H and O–H groups in total. The van der Waals surface area contributed by atoms with E-state index in [-0.39, 0.29) is 11.5 Å². The fraction of sp³-hybridized carbons (Fsp3) is 0.714. The van der Waals surface area contributed by atoms with Crippen molar-refractivity contribution in [3.63, 3.8) is 0 Å². The minimum Gasteiger partial charge on any atom is -0.309 e. The lowest BCUT2D eigenvalue weighted by Crippen LogP contribution is -2.27. The van der Waals surface area contributed by atoms with E-state index in [0.717, 1.165) is 23.4 Å². The fourth-order valence-corrected chi connectivity index (χ4v) is 5.20. The summed E-state index contributed by atoms with van der Waals surface area (Å²) in [6.07, 6.45) is 3.41. The minimum absolute atomic E-state index is 0.0861. The highest BCUT2D eigenvalue weighted by Gasteiger charge is 2.48. The summed E-state index contributed by atoms with van der Waals surface area (Å²) in [6.45, 7) is 6.95. The molecule has 4 nitrogen and oxygen atoms in total. The topological polar surface area (TPSA) is 58.2 Å². The monoisotopic (exact) mass is 314 g/mol. The molecular weight excluding hydrogens is 292 g/mol. The van der Waals surface area contributed by atoms with Gasteiger partial charge in [-0.3, -0.25) is 0 Å². The molecular formula is C14H22N2O2S2. The highest BCUT2D eigenvalue weighted by Crippen LogP contribution is 2.45. The Morgan fingerprint density at radius 3 is 2.60 bits per heavy atom. The van der Waals surface area contributed by atoms with Gasteiger partial charge < -0.3 is 5.32 Å². The first-order chi connectivity index (χ1) is 9.28. The standard InChI is InChI=1S/C14H22N2O2S2/c1-9-6-13(19-11(9)8-15-10-4-5-10)20(17,18)16-12-7-14(12,2)3/h6,10,12,15-16H,4-5,7-8H2,1-3H3. The van der Waals surface area contributed by atoms with E-state index in [1.807, 2.05) is 6.92 Å². The number of thiophene rings is 1. The van der Waals surface area contributed by atoms with Crippen molar-refractivity contribution in [1.82, 2.24) is 10.0 Å². The van der Waals surface area contributed by atoms with Crippen LogP contribution in [-0.2, 0) is 16.6 Å². The zero-order valence-electron chi connectivity index (χ0n) is 12.2. The molecule has 20 heavy (non-hydrogen) atoms. The molecule has 1 unspecified atom stereocenters. The molecule has 3 rings (SSSR count). The van der Waals surface area contributed by atoms with Crippen LogP contribution in [0.3, 0.4) is 0 Å². The van der Waals surface area contributed by atoms with Gasteiger partial charge >= 0.3 is 0 Å². The van der Waals surface area contributed by atoms with Crippen LogP contribution >= 0.6 is 11.3 Å². The smallest absolute Gasteiger partial charge is 0.250 e. The number of hydrogen-bond donors (Lipinski definition) is 2. The molecule has 0 saturated heterocycles. The first-order valence-electron chi connectivity index (χ1n) is 7.13. The van der Waals surface area contributed by atoms with Crippen LogP contribution in [0, 0.1) is 12.3 Å². The molecule has 0 aromatic carbocycles. The predicted molar refractivity (Wildman–Crippen MR) is 81.4 cm³/mol. The number of hydrogen-bond acceptors (Lipinski definition) is 4. The van der Waals surface area contributed by atoms with E-state index in [2.05, 4.69) is 23.9 Å². The van der Waals surface area contributed by atoms with Crippen molar-refractivity contribution < 1.29 is 8.42 Å². The van der Waals surface area contributed by atoms with Crippen molar-refractivity contribution in [3.8, 4) is 0 Å². The van der Waals surface area contributed by atoms with Gasteiger partial charge in [0.25, 0.3) is 0 Å². The molecule has 1 aromatic rings. The highest BCUT2D eigenvalue weighted by atomic mass is 32.2. The van der Waals surface area contributed by atoms with Crippen molar-refractivity contribution in [2.45, 2.75) is 62.9 Å². The molecule has 112 valence electrons. The normalized spacial score (nSPS) is 24.9. The molecule has 0 spiro atoms. The summed E-state index contributed by atoms with van der Waals surface area (Å²) in [4.78, 5) is 1.13. The Hall–Kier alpha value is -0.430. The van der Waals surface area contributed by atoms with Crippen LogP contribution in [0.15, 0.2) is 10.3 Å². The average Bonchev–Trinajstić information content (AvgIpc) is 3.21. The lowest BCUT2D eigenvalue weighted by Gasteiger charge is -2.06. The van der Waals surface area contributed by atoms with Gasteiger partial charge in [0.05, 0.1) is 0 Å². The lowest BCUT2D eigenvalue weighted by molar-refractivity contribution is 0.556. The van der Waals surface area contributed by atoms with E-state index >= 15 is 0 Å². The Bertz CT molecular complexity index is 615. The lowest BCUT2D eigenvalue weighted by atomic mass is 10.2.